The van der Waals surface area contributed by atoms with Crippen molar-refractivity contribution in [3.05, 3.63) is 28.0 Å². The molecule has 1 amide bonds. The summed E-state index contributed by atoms with van der Waals surface area (Å²) < 4.78 is 0. The van der Waals surface area contributed by atoms with E-state index in [2.05, 4.69) is 10.3 Å². The third-order valence-electron chi connectivity index (χ3n) is 2.95. The molecule has 1 heterocycles. The van der Waals surface area contributed by atoms with Crippen LogP contribution in [0.15, 0.2) is 16.9 Å². The Morgan fingerprint density at radius 2 is 2.17 bits per heavy atom. The Kier molecular flexibility index (Phi) is 4.49. The summed E-state index contributed by atoms with van der Waals surface area (Å²) in [5, 5.41) is 20.9. The smallest absolute Gasteiger partial charge is 0.252 e. The average molecular weight is 254 g/mol. The number of hydrogen-bond donors (Lipinski definition) is 4. The minimum atomic E-state index is -0.541. The van der Waals surface area contributed by atoms with Crippen molar-refractivity contribution in [2.45, 2.75) is 32.2 Å². The van der Waals surface area contributed by atoms with Crippen LogP contribution in [0.2, 0.25) is 0 Å². The lowest BCUT2D eigenvalue weighted by Gasteiger charge is -2.28. The van der Waals surface area contributed by atoms with Crippen molar-refractivity contribution in [2.75, 3.05) is 6.61 Å². The number of aliphatic hydroxyl groups is 1. The van der Waals surface area contributed by atoms with Crippen LogP contribution in [0.25, 0.3) is 0 Å². The summed E-state index contributed by atoms with van der Waals surface area (Å²) in [6, 6.07) is 2.30. The first-order valence-electron chi connectivity index (χ1n) is 5.77. The molecule has 0 aliphatic heterocycles. The third-order valence-corrected chi connectivity index (χ3v) is 2.95. The number of aromatic nitrogens is 1. The SMILES string of the molecule is CCC(C)(CCO)NC(=O)c1cc(O)[nH]c(=O)c1. The van der Waals surface area contributed by atoms with Gasteiger partial charge in [0.2, 0.25) is 0 Å². The van der Waals surface area contributed by atoms with Crippen LogP contribution in [-0.4, -0.2) is 33.3 Å². The number of carbonyl (C=O) groups excluding carboxylic acids is 1. The van der Waals surface area contributed by atoms with Gasteiger partial charge in [-0.3, -0.25) is 14.6 Å². The number of hydrogen-bond acceptors (Lipinski definition) is 4. The molecule has 0 saturated heterocycles. The van der Waals surface area contributed by atoms with Crippen molar-refractivity contribution in [3.8, 4) is 5.88 Å². The number of aliphatic hydroxyl groups excluding tert-OH is 1. The van der Waals surface area contributed by atoms with Crippen LogP contribution < -0.4 is 10.9 Å². The number of rotatable bonds is 5. The van der Waals surface area contributed by atoms with Crippen LogP contribution in [-0.2, 0) is 0 Å². The molecule has 0 spiro atoms. The standard InChI is InChI=1S/C12H18N2O4/c1-3-12(2,4-5-15)14-11(18)8-6-9(16)13-10(17)7-8/h6-7,15H,3-5H2,1-2H3,(H,14,18)(H2,13,16,17). The summed E-state index contributed by atoms with van der Waals surface area (Å²) >= 11 is 0. The second kappa shape index (κ2) is 5.68. The summed E-state index contributed by atoms with van der Waals surface area (Å²) in [5.41, 5.74) is -0.987. The van der Waals surface area contributed by atoms with Crippen molar-refractivity contribution >= 4 is 5.91 Å². The molecule has 1 atom stereocenters. The summed E-state index contributed by atoms with van der Waals surface area (Å²) in [6.07, 6.45) is 1.07. The predicted octanol–water partition coefficient (Wildman–Crippen LogP) is 0.361. The lowest BCUT2D eigenvalue weighted by atomic mass is 9.94. The summed E-state index contributed by atoms with van der Waals surface area (Å²) in [5.74, 6) is -0.804. The Labute approximate surface area is 105 Å². The average Bonchev–Trinajstić information content (AvgIpc) is 2.28. The molecule has 18 heavy (non-hydrogen) atoms. The third kappa shape index (κ3) is 3.59. The van der Waals surface area contributed by atoms with Crippen LogP contribution in [0.3, 0.4) is 0 Å². The van der Waals surface area contributed by atoms with Gasteiger partial charge in [0.05, 0.1) is 5.56 Å². The normalized spacial score (nSPS) is 13.9. The molecule has 6 heteroatoms. The number of aromatic amines is 1. The number of pyridine rings is 1. The summed E-state index contributed by atoms with van der Waals surface area (Å²) in [6.45, 7) is 3.67. The molecule has 0 bridgehead atoms. The van der Waals surface area contributed by atoms with E-state index >= 15 is 0 Å². The Hall–Kier alpha value is -1.82. The maximum absolute atomic E-state index is 11.9. The van der Waals surface area contributed by atoms with Crippen LogP contribution in [0.5, 0.6) is 5.88 Å². The van der Waals surface area contributed by atoms with Gasteiger partial charge >= 0.3 is 0 Å². The molecule has 0 fully saturated rings. The van der Waals surface area contributed by atoms with E-state index in [0.29, 0.717) is 12.8 Å². The Balaban J connectivity index is 2.90. The van der Waals surface area contributed by atoms with Crippen molar-refractivity contribution in [2.24, 2.45) is 0 Å². The fourth-order valence-electron chi connectivity index (χ4n) is 1.58. The van der Waals surface area contributed by atoms with Gasteiger partial charge in [-0.2, -0.15) is 0 Å². The quantitative estimate of drug-likeness (QED) is 0.609. The van der Waals surface area contributed by atoms with Gasteiger partial charge < -0.3 is 15.5 Å². The summed E-state index contributed by atoms with van der Waals surface area (Å²) in [4.78, 5) is 25.2. The number of H-pyrrole nitrogens is 1. The van der Waals surface area contributed by atoms with Gasteiger partial charge in [-0.15, -0.1) is 0 Å². The highest BCUT2D eigenvalue weighted by Crippen LogP contribution is 2.15. The molecule has 1 aromatic heterocycles. The molecule has 0 aromatic carbocycles. The molecular weight excluding hydrogens is 236 g/mol. The van der Waals surface area contributed by atoms with Crippen LogP contribution in [0, 0.1) is 0 Å². The number of carbonyl (C=O) groups is 1. The van der Waals surface area contributed by atoms with E-state index in [-0.39, 0.29) is 18.1 Å². The Morgan fingerprint density at radius 1 is 1.50 bits per heavy atom. The molecule has 1 aromatic rings. The minimum absolute atomic E-state index is 0.0365. The van der Waals surface area contributed by atoms with Gasteiger partial charge in [-0.25, -0.2) is 0 Å². The molecule has 0 saturated carbocycles. The highest BCUT2D eigenvalue weighted by atomic mass is 16.3. The number of aromatic hydroxyl groups is 1. The van der Waals surface area contributed by atoms with E-state index < -0.39 is 17.0 Å². The van der Waals surface area contributed by atoms with E-state index in [4.69, 9.17) is 5.11 Å². The molecule has 100 valence electrons. The molecule has 1 unspecified atom stereocenters. The van der Waals surface area contributed by atoms with E-state index in [1.807, 2.05) is 13.8 Å². The fraction of sp³-hybridized carbons (Fsp3) is 0.500. The van der Waals surface area contributed by atoms with Crippen molar-refractivity contribution in [1.29, 1.82) is 0 Å². The van der Waals surface area contributed by atoms with Gasteiger partial charge in [-0.1, -0.05) is 6.92 Å². The van der Waals surface area contributed by atoms with E-state index in [0.717, 1.165) is 6.07 Å². The highest BCUT2D eigenvalue weighted by Gasteiger charge is 2.24. The van der Waals surface area contributed by atoms with Gasteiger partial charge in [0, 0.05) is 24.3 Å². The lowest BCUT2D eigenvalue weighted by Crippen LogP contribution is -2.46. The highest BCUT2D eigenvalue weighted by molar-refractivity contribution is 5.94. The monoisotopic (exact) mass is 254 g/mol. The molecule has 0 aliphatic carbocycles. The van der Waals surface area contributed by atoms with E-state index in [9.17, 15) is 14.7 Å². The van der Waals surface area contributed by atoms with Crippen LogP contribution in [0.1, 0.15) is 37.0 Å². The minimum Gasteiger partial charge on any atom is -0.494 e. The van der Waals surface area contributed by atoms with Crippen LogP contribution >= 0.6 is 0 Å². The lowest BCUT2D eigenvalue weighted by molar-refractivity contribution is 0.0885. The van der Waals surface area contributed by atoms with Crippen molar-refractivity contribution in [1.82, 2.24) is 10.3 Å². The van der Waals surface area contributed by atoms with Crippen molar-refractivity contribution in [3.63, 3.8) is 0 Å². The van der Waals surface area contributed by atoms with E-state index in [1.54, 1.807) is 0 Å². The molecular formula is C12H18N2O4. The molecule has 6 nitrogen and oxygen atoms in total. The van der Waals surface area contributed by atoms with Gasteiger partial charge in [-0.05, 0) is 19.8 Å². The van der Waals surface area contributed by atoms with Crippen LogP contribution in [0.4, 0.5) is 0 Å². The largest absolute Gasteiger partial charge is 0.494 e. The predicted molar refractivity (Wildman–Crippen MR) is 66.6 cm³/mol. The zero-order valence-corrected chi connectivity index (χ0v) is 10.5. The fourth-order valence-corrected chi connectivity index (χ4v) is 1.58. The molecule has 0 radical (unpaired) electrons. The van der Waals surface area contributed by atoms with Gasteiger partial charge in [0.25, 0.3) is 11.5 Å². The topological polar surface area (TPSA) is 102 Å². The van der Waals surface area contributed by atoms with E-state index in [1.165, 1.54) is 6.07 Å². The molecule has 0 aliphatic rings. The van der Waals surface area contributed by atoms with Gasteiger partial charge in [0.1, 0.15) is 0 Å². The maximum Gasteiger partial charge on any atom is 0.252 e. The first-order valence-corrected chi connectivity index (χ1v) is 5.77. The number of nitrogens with one attached hydrogen (secondary N) is 2. The molecule has 4 N–H and O–H groups in total. The van der Waals surface area contributed by atoms with Crippen molar-refractivity contribution < 1.29 is 15.0 Å². The molecule has 1 rings (SSSR count). The first kappa shape index (κ1) is 14.2. The van der Waals surface area contributed by atoms with Gasteiger partial charge in [0.15, 0.2) is 5.88 Å². The Bertz CT molecular complexity index is 483. The maximum atomic E-state index is 11.9. The zero-order valence-electron chi connectivity index (χ0n) is 10.5. The summed E-state index contributed by atoms with van der Waals surface area (Å²) in [7, 11) is 0. The Morgan fingerprint density at radius 3 is 2.67 bits per heavy atom. The number of amides is 1. The second-order valence-electron chi connectivity index (χ2n) is 4.46. The zero-order chi connectivity index (χ0) is 13.8. The first-order chi connectivity index (χ1) is 8.40. The second-order valence-corrected chi connectivity index (χ2v) is 4.46.